The standard InChI is InChI=1S/C15H15ClN2O/c1-11-12(6-3-4-7-13(11)16)14-8-5-9-15(18-14)17-10-19-2/h3-6,8-9H,10H2,1-2H3,(H,17,18). The van der Waals surface area contributed by atoms with Crippen LogP contribution in [0.25, 0.3) is 5.57 Å². The largest absolute Gasteiger partial charge is 0.365 e. The third-order valence-corrected chi connectivity index (χ3v) is 3.12. The molecule has 1 aromatic rings. The summed E-state index contributed by atoms with van der Waals surface area (Å²) in [5, 5.41) is 3.68. The summed E-state index contributed by atoms with van der Waals surface area (Å²) in [5.41, 5.74) is 5.81. The number of aromatic nitrogens is 1. The number of ether oxygens (including phenoxy) is 1. The summed E-state index contributed by atoms with van der Waals surface area (Å²) in [6.45, 7) is 2.39. The van der Waals surface area contributed by atoms with Crippen molar-refractivity contribution in [1.29, 1.82) is 0 Å². The van der Waals surface area contributed by atoms with Crippen molar-refractivity contribution in [3.8, 4) is 0 Å². The van der Waals surface area contributed by atoms with Gasteiger partial charge >= 0.3 is 0 Å². The van der Waals surface area contributed by atoms with Crippen molar-refractivity contribution >= 4 is 23.0 Å². The molecule has 3 nitrogen and oxygen atoms in total. The van der Waals surface area contributed by atoms with E-state index in [2.05, 4.69) is 16.0 Å². The van der Waals surface area contributed by atoms with Gasteiger partial charge in [0.2, 0.25) is 0 Å². The predicted octanol–water partition coefficient (Wildman–Crippen LogP) is 3.72. The van der Waals surface area contributed by atoms with Crippen molar-refractivity contribution in [1.82, 2.24) is 4.98 Å². The molecule has 1 aliphatic rings. The predicted molar refractivity (Wildman–Crippen MR) is 78.9 cm³/mol. The Balaban J connectivity index is 2.37. The normalized spacial score (nSPS) is 14.4. The molecule has 1 heterocycles. The van der Waals surface area contributed by atoms with Crippen molar-refractivity contribution in [2.24, 2.45) is 0 Å². The van der Waals surface area contributed by atoms with Gasteiger partial charge in [0.1, 0.15) is 12.5 Å². The smallest absolute Gasteiger partial charge is 0.128 e. The van der Waals surface area contributed by atoms with Crippen LogP contribution in [0.15, 0.2) is 52.8 Å². The topological polar surface area (TPSA) is 34.1 Å². The Morgan fingerprint density at radius 2 is 2.26 bits per heavy atom. The van der Waals surface area contributed by atoms with Gasteiger partial charge in [-0.1, -0.05) is 29.8 Å². The van der Waals surface area contributed by atoms with Crippen LogP contribution in [0.5, 0.6) is 0 Å². The van der Waals surface area contributed by atoms with Crippen molar-refractivity contribution < 1.29 is 4.74 Å². The van der Waals surface area contributed by atoms with E-state index in [0.29, 0.717) is 11.8 Å². The van der Waals surface area contributed by atoms with Gasteiger partial charge in [0, 0.05) is 12.7 Å². The second-order valence-electron chi connectivity index (χ2n) is 4.04. The Morgan fingerprint density at radius 3 is 3.05 bits per heavy atom. The summed E-state index contributed by atoms with van der Waals surface area (Å²) in [6.07, 6.45) is 5.69. The van der Waals surface area contributed by atoms with E-state index < -0.39 is 0 Å². The highest BCUT2D eigenvalue weighted by atomic mass is 35.5. The number of halogens is 1. The maximum Gasteiger partial charge on any atom is 0.128 e. The van der Waals surface area contributed by atoms with E-state index in [1.807, 2.05) is 37.3 Å². The fraction of sp³-hybridized carbons (Fsp3) is 0.200. The molecular formula is C15H15ClN2O. The minimum atomic E-state index is 0.423. The molecular weight excluding hydrogens is 260 g/mol. The van der Waals surface area contributed by atoms with Crippen LogP contribution in [0.1, 0.15) is 12.6 Å². The van der Waals surface area contributed by atoms with Crippen LogP contribution < -0.4 is 5.32 Å². The molecule has 0 amide bonds. The lowest BCUT2D eigenvalue weighted by Gasteiger charge is -2.09. The zero-order valence-electron chi connectivity index (χ0n) is 10.9. The number of rotatable bonds is 4. The van der Waals surface area contributed by atoms with Crippen LogP contribution in [0.3, 0.4) is 0 Å². The first kappa shape index (κ1) is 13.6. The molecule has 19 heavy (non-hydrogen) atoms. The minimum Gasteiger partial charge on any atom is -0.365 e. The van der Waals surface area contributed by atoms with E-state index >= 15 is 0 Å². The lowest BCUT2D eigenvalue weighted by molar-refractivity contribution is 0.221. The van der Waals surface area contributed by atoms with Crippen LogP contribution in [-0.2, 0) is 4.74 Å². The molecule has 0 fully saturated rings. The van der Waals surface area contributed by atoms with Gasteiger partial charge in [-0.2, -0.15) is 0 Å². The summed E-state index contributed by atoms with van der Waals surface area (Å²) in [6, 6.07) is 5.80. The van der Waals surface area contributed by atoms with Gasteiger partial charge in [-0.15, -0.1) is 5.73 Å². The van der Waals surface area contributed by atoms with Gasteiger partial charge in [0.25, 0.3) is 0 Å². The zero-order chi connectivity index (χ0) is 13.7. The summed E-state index contributed by atoms with van der Waals surface area (Å²) in [5.74, 6) is 0.769. The number of anilines is 1. The number of hydrogen-bond donors (Lipinski definition) is 1. The van der Waals surface area contributed by atoms with Crippen LogP contribution in [0.4, 0.5) is 5.82 Å². The Morgan fingerprint density at radius 1 is 1.42 bits per heavy atom. The average molecular weight is 275 g/mol. The molecule has 0 radical (unpaired) electrons. The summed E-state index contributed by atoms with van der Waals surface area (Å²) >= 11 is 6.15. The van der Waals surface area contributed by atoms with Crippen molar-refractivity contribution in [2.75, 3.05) is 19.2 Å². The Hall–Kier alpha value is -1.80. The molecule has 0 spiro atoms. The third-order valence-electron chi connectivity index (χ3n) is 2.73. The monoisotopic (exact) mass is 274 g/mol. The summed E-state index contributed by atoms with van der Waals surface area (Å²) in [4.78, 5) is 4.55. The molecule has 0 aromatic carbocycles. The van der Waals surface area contributed by atoms with Crippen LogP contribution in [0, 0.1) is 0 Å². The third kappa shape index (κ3) is 3.36. The first-order valence-corrected chi connectivity index (χ1v) is 6.30. The van der Waals surface area contributed by atoms with E-state index in [0.717, 1.165) is 22.7 Å². The average Bonchev–Trinajstić information content (AvgIpc) is 2.60. The number of nitrogens with one attached hydrogen (secondary N) is 1. The van der Waals surface area contributed by atoms with Gasteiger partial charge < -0.3 is 10.1 Å². The van der Waals surface area contributed by atoms with Crippen LogP contribution in [0.2, 0.25) is 0 Å². The molecule has 0 atom stereocenters. The molecule has 2 rings (SSSR count). The molecule has 98 valence electrons. The highest BCUT2D eigenvalue weighted by Gasteiger charge is 2.09. The van der Waals surface area contributed by atoms with Crippen molar-refractivity contribution in [2.45, 2.75) is 6.92 Å². The molecule has 0 saturated heterocycles. The van der Waals surface area contributed by atoms with E-state index in [9.17, 15) is 0 Å². The van der Waals surface area contributed by atoms with Crippen LogP contribution >= 0.6 is 11.6 Å². The highest BCUT2D eigenvalue weighted by Crippen LogP contribution is 2.27. The number of nitrogens with zero attached hydrogens (tertiary/aromatic N) is 1. The molecule has 1 aromatic heterocycles. The molecule has 4 heteroatoms. The molecule has 0 aliphatic heterocycles. The van der Waals surface area contributed by atoms with Crippen molar-refractivity contribution in [3.63, 3.8) is 0 Å². The highest BCUT2D eigenvalue weighted by molar-refractivity contribution is 6.32. The Labute approximate surface area is 118 Å². The van der Waals surface area contributed by atoms with Gasteiger partial charge in [-0.3, -0.25) is 0 Å². The van der Waals surface area contributed by atoms with E-state index in [1.165, 1.54) is 0 Å². The van der Waals surface area contributed by atoms with E-state index in [4.69, 9.17) is 16.3 Å². The maximum atomic E-state index is 6.15. The first-order valence-electron chi connectivity index (χ1n) is 5.92. The molecule has 1 aliphatic carbocycles. The van der Waals surface area contributed by atoms with Crippen molar-refractivity contribution in [3.05, 3.63) is 58.5 Å². The Kier molecular flexibility index (Phi) is 4.58. The molecule has 0 saturated carbocycles. The lowest BCUT2D eigenvalue weighted by Crippen LogP contribution is -2.05. The Bertz CT molecular complexity index is 596. The second-order valence-corrected chi connectivity index (χ2v) is 4.42. The fourth-order valence-electron chi connectivity index (χ4n) is 1.72. The quantitative estimate of drug-likeness (QED) is 0.671. The number of allylic oxidation sites excluding steroid dienone is 5. The molecule has 0 unspecified atom stereocenters. The molecule has 0 bridgehead atoms. The number of methoxy groups -OCH3 is 1. The number of pyridine rings is 1. The summed E-state index contributed by atoms with van der Waals surface area (Å²) in [7, 11) is 1.63. The molecule has 1 N–H and O–H groups in total. The fourth-order valence-corrected chi connectivity index (χ4v) is 1.89. The zero-order valence-corrected chi connectivity index (χ0v) is 11.7. The van der Waals surface area contributed by atoms with Gasteiger partial charge in [0.15, 0.2) is 0 Å². The minimum absolute atomic E-state index is 0.423. The maximum absolute atomic E-state index is 6.15. The van der Waals surface area contributed by atoms with E-state index in [1.54, 1.807) is 13.2 Å². The second kappa shape index (κ2) is 6.39. The lowest BCUT2D eigenvalue weighted by atomic mass is 10.1. The van der Waals surface area contributed by atoms with Gasteiger partial charge in [-0.05, 0) is 30.7 Å². The SMILES string of the molecule is COCNc1cccc(C2=C(C)C(Cl)=C=CC=C2)n1. The van der Waals surface area contributed by atoms with Crippen LogP contribution in [-0.4, -0.2) is 18.8 Å². The number of hydrogen-bond acceptors (Lipinski definition) is 3. The first-order chi connectivity index (χ1) is 9.22. The van der Waals surface area contributed by atoms with Gasteiger partial charge in [-0.25, -0.2) is 4.98 Å². The summed E-state index contributed by atoms with van der Waals surface area (Å²) < 4.78 is 4.97. The van der Waals surface area contributed by atoms with Gasteiger partial charge in [0.05, 0.1) is 10.7 Å². The van der Waals surface area contributed by atoms with E-state index in [-0.39, 0.29) is 0 Å².